The third-order valence-electron chi connectivity index (χ3n) is 4.25. The van der Waals surface area contributed by atoms with Gasteiger partial charge in [-0.05, 0) is 53.4 Å². The second-order valence-corrected chi connectivity index (χ2v) is 6.17. The minimum atomic E-state index is -0.840. The van der Waals surface area contributed by atoms with Crippen molar-refractivity contribution in [3.05, 3.63) is 34.1 Å². The number of amides is 1. The molecule has 3 atom stereocenters. The van der Waals surface area contributed by atoms with Crippen molar-refractivity contribution in [3.63, 3.8) is 0 Å². The molecule has 3 rings (SSSR count). The number of aliphatic carboxylic acids is 1. The normalized spacial score (nSPS) is 27.9. The molecular formula is C14H13BrFNO3. The quantitative estimate of drug-likeness (QED) is 0.899. The van der Waals surface area contributed by atoms with Crippen molar-refractivity contribution < 1.29 is 19.1 Å². The fourth-order valence-corrected chi connectivity index (χ4v) is 3.89. The summed E-state index contributed by atoms with van der Waals surface area (Å²) in [6.45, 7) is 0. The van der Waals surface area contributed by atoms with Crippen LogP contribution >= 0.6 is 15.9 Å². The maximum Gasteiger partial charge on any atom is 0.308 e. The summed E-state index contributed by atoms with van der Waals surface area (Å²) in [6.07, 6.45) is 2.09. The Balaban J connectivity index is 1.90. The zero-order valence-electron chi connectivity index (χ0n) is 10.6. The molecule has 4 nitrogen and oxygen atoms in total. The summed E-state index contributed by atoms with van der Waals surface area (Å²) in [5.41, 5.74) is 0.384. The molecule has 3 unspecified atom stereocenters. The summed E-state index contributed by atoms with van der Waals surface area (Å²) in [5, 5.41) is 9.20. The van der Waals surface area contributed by atoms with Crippen LogP contribution in [0.4, 0.5) is 4.39 Å². The van der Waals surface area contributed by atoms with Crippen LogP contribution in [0.15, 0.2) is 22.7 Å². The number of carboxylic acid groups (broad SMARTS) is 1. The molecule has 1 aromatic carbocycles. The fraction of sp³-hybridized carbons (Fsp3) is 0.429. The Bertz CT molecular complexity index is 592. The maximum absolute atomic E-state index is 13.1. The molecule has 1 N–H and O–H groups in total. The zero-order valence-corrected chi connectivity index (χ0v) is 12.1. The Morgan fingerprint density at radius 1 is 1.35 bits per heavy atom. The first-order valence-electron chi connectivity index (χ1n) is 6.49. The van der Waals surface area contributed by atoms with Crippen LogP contribution in [0, 0.1) is 11.7 Å². The van der Waals surface area contributed by atoms with Gasteiger partial charge in [0.2, 0.25) is 0 Å². The highest BCUT2D eigenvalue weighted by atomic mass is 79.9. The SMILES string of the molecule is O=C(O)C1CC2CCC1N2C(=O)c1ccc(F)cc1Br. The second-order valence-electron chi connectivity index (χ2n) is 5.32. The van der Waals surface area contributed by atoms with E-state index < -0.39 is 17.7 Å². The molecule has 20 heavy (non-hydrogen) atoms. The minimum absolute atomic E-state index is 0.00875. The van der Waals surface area contributed by atoms with Crippen molar-refractivity contribution in [1.82, 2.24) is 4.90 Å². The van der Waals surface area contributed by atoms with E-state index in [1.807, 2.05) is 0 Å². The molecule has 2 aliphatic rings. The van der Waals surface area contributed by atoms with Gasteiger partial charge in [-0.25, -0.2) is 4.39 Å². The maximum atomic E-state index is 13.1. The summed E-state index contributed by atoms with van der Waals surface area (Å²) in [4.78, 5) is 25.5. The lowest BCUT2D eigenvalue weighted by Crippen LogP contribution is -2.38. The van der Waals surface area contributed by atoms with Gasteiger partial charge in [0.25, 0.3) is 5.91 Å². The Morgan fingerprint density at radius 2 is 2.10 bits per heavy atom. The average Bonchev–Trinajstić information content (AvgIpc) is 2.95. The molecule has 2 aliphatic heterocycles. The van der Waals surface area contributed by atoms with Gasteiger partial charge in [-0.15, -0.1) is 0 Å². The van der Waals surface area contributed by atoms with Gasteiger partial charge in [-0.3, -0.25) is 9.59 Å². The van der Waals surface area contributed by atoms with E-state index >= 15 is 0 Å². The van der Waals surface area contributed by atoms with Gasteiger partial charge >= 0.3 is 5.97 Å². The van der Waals surface area contributed by atoms with Gasteiger partial charge in [-0.1, -0.05) is 0 Å². The van der Waals surface area contributed by atoms with Gasteiger partial charge in [0, 0.05) is 16.6 Å². The van der Waals surface area contributed by atoms with E-state index in [1.54, 1.807) is 4.90 Å². The lowest BCUT2D eigenvalue weighted by atomic mass is 9.89. The highest BCUT2D eigenvalue weighted by Crippen LogP contribution is 2.43. The van der Waals surface area contributed by atoms with E-state index in [0.29, 0.717) is 16.5 Å². The van der Waals surface area contributed by atoms with Crippen molar-refractivity contribution in [2.75, 3.05) is 0 Å². The number of nitrogens with zero attached hydrogens (tertiary/aromatic N) is 1. The molecular weight excluding hydrogens is 329 g/mol. The number of carbonyl (C=O) groups is 2. The molecule has 1 aromatic rings. The molecule has 1 amide bonds. The molecule has 0 aliphatic carbocycles. The summed E-state index contributed by atoms with van der Waals surface area (Å²) < 4.78 is 13.5. The van der Waals surface area contributed by atoms with Crippen LogP contribution in [0.2, 0.25) is 0 Å². The molecule has 2 fully saturated rings. The van der Waals surface area contributed by atoms with Crippen LogP contribution in [-0.4, -0.2) is 34.0 Å². The topological polar surface area (TPSA) is 57.6 Å². The molecule has 0 radical (unpaired) electrons. The van der Waals surface area contributed by atoms with Crippen molar-refractivity contribution >= 4 is 27.8 Å². The van der Waals surface area contributed by atoms with E-state index in [9.17, 15) is 19.1 Å². The molecule has 106 valence electrons. The fourth-order valence-electron chi connectivity index (χ4n) is 3.37. The first kappa shape index (κ1) is 13.5. The number of rotatable bonds is 2. The Kier molecular flexibility index (Phi) is 3.28. The number of fused-ring (bicyclic) bond motifs is 2. The third-order valence-corrected chi connectivity index (χ3v) is 4.91. The highest BCUT2D eigenvalue weighted by molar-refractivity contribution is 9.10. The number of benzene rings is 1. The minimum Gasteiger partial charge on any atom is -0.481 e. The predicted molar refractivity (Wildman–Crippen MR) is 72.8 cm³/mol. The second kappa shape index (κ2) is 4.84. The van der Waals surface area contributed by atoms with Crippen LogP contribution in [0.25, 0.3) is 0 Å². The smallest absolute Gasteiger partial charge is 0.308 e. The van der Waals surface area contributed by atoms with E-state index in [-0.39, 0.29) is 18.0 Å². The predicted octanol–water partition coefficient (Wildman–Crippen LogP) is 2.67. The van der Waals surface area contributed by atoms with E-state index in [2.05, 4.69) is 15.9 Å². The third kappa shape index (κ3) is 2.02. The van der Waals surface area contributed by atoms with E-state index in [4.69, 9.17) is 0 Å². The summed E-state index contributed by atoms with van der Waals surface area (Å²) >= 11 is 3.20. The molecule has 6 heteroatoms. The van der Waals surface area contributed by atoms with Crippen LogP contribution < -0.4 is 0 Å². The first-order chi connectivity index (χ1) is 9.49. The molecule has 2 saturated heterocycles. The van der Waals surface area contributed by atoms with Gasteiger partial charge < -0.3 is 10.0 Å². The standard InChI is InChI=1S/C14H13BrFNO3/c15-11-5-7(16)1-3-9(11)13(18)17-8-2-4-12(17)10(6-8)14(19)20/h1,3,5,8,10,12H,2,4,6H2,(H,19,20). The van der Waals surface area contributed by atoms with Crippen LogP contribution in [-0.2, 0) is 4.79 Å². The molecule has 2 heterocycles. The summed E-state index contributed by atoms with van der Waals surface area (Å²) in [7, 11) is 0. The Labute approximate surface area is 123 Å². The van der Waals surface area contributed by atoms with Crippen molar-refractivity contribution in [2.24, 2.45) is 5.92 Å². The molecule has 0 saturated carbocycles. The van der Waals surface area contributed by atoms with Gasteiger partial charge in [0.05, 0.1) is 11.5 Å². The number of halogens is 2. The van der Waals surface area contributed by atoms with Gasteiger partial charge in [-0.2, -0.15) is 0 Å². The molecule has 0 aromatic heterocycles. The number of carboxylic acids is 1. The van der Waals surface area contributed by atoms with E-state index in [0.717, 1.165) is 12.8 Å². The monoisotopic (exact) mass is 341 g/mol. The van der Waals surface area contributed by atoms with Crippen molar-refractivity contribution in [3.8, 4) is 0 Å². The van der Waals surface area contributed by atoms with Crippen molar-refractivity contribution in [2.45, 2.75) is 31.3 Å². The lowest BCUT2D eigenvalue weighted by Gasteiger charge is -2.23. The number of hydrogen-bond acceptors (Lipinski definition) is 2. The van der Waals surface area contributed by atoms with Crippen LogP contribution in [0.3, 0.4) is 0 Å². The van der Waals surface area contributed by atoms with Crippen LogP contribution in [0.1, 0.15) is 29.6 Å². The lowest BCUT2D eigenvalue weighted by molar-refractivity contribution is -0.142. The Hall–Kier alpha value is -1.43. The molecule has 0 spiro atoms. The number of carbonyl (C=O) groups excluding carboxylic acids is 1. The van der Waals surface area contributed by atoms with Crippen LogP contribution in [0.5, 0.6) is 0 Å². The van der Waals surface area contributed by atoms with Gasteiger partial charge in [0.15, 0.2) is 0 Å². The molecule has 2 bridgehead atoms. The highest BCUT2D eigenvalue weighted by Gasteiger charge is 2.51. The Morgan fingerprint density at radius 3 is 2.70 bits per heavy atom. The summed E-state index contributed by atoms with van der Waals surface area (Å²) in [5.74, 6) is -1.94. The summed E-state index contributed by atoms with van der Waals surface area (Å²) in [6, 6.07) is 3.69. The van der Waals surface area contributed by atoms with Crippen molar-refractivity contribution in [1.29, 1.82) is 0 Å². The number of hydrogen-bond donors (Lipinski definition) is 1. The average molecular weight is 342 g/mol. The first-order valence-corrected chi connectivity index (χ1v) is 7.29. The van der Waals surface area contributed by atoms with E-state index in [1.165, 1.54) is 18.2 Å². The largest absolute Gasteiger partial charge is 0.481 e. The zero-order chi connectivity index (χ0) is 14.4. The van der Waals surface area contributed by atoms with Gasteiger partial charge in [0.1, 0.15) is 5.82 Å².